The summed E-state index contributed by atoms with van der Waals surface area (Å²) in [5.41, 5.74) is -0.264. The first-order chi connectivity index (χ1) is 12.7. The van der Waals surface area contributed by atoms with E-state index in [0.717, 1.165) is 55.6 Å². The molecule has 0 spiro atoms. The van der Waals surface area contributed by atoms with Crippen LogP contribution in [0.25, 0.3) is 0 Å². The molecular formula is C22H25F5. The van der Waals surface area contributed by atoms with Gasteiger partial charge in [0.25, 0.3) is 0 Å². The minimum Gasteiger partial charge on any atom is -0.206 e. The molecular weight excluding hydrogens is 359 g/mol. The lowest BCUT2D eigenvalue weighted by molar-refractivity contribution is -0.0696. The summed E-state index contributed by atoms with van der Waals surface area (Å²) in [7, 11) is 0. The van der Waals surface area contributed by atoms with Crippen LogP contribution in [-0.2, 0) is 0 Å². The van der Waals surface area contributed by atoms with Crippen molar-refractivity contribution in [1.29, 1.82) is 0 Å². The van der Waals surface area contributed by atoms with Crippen molar-refractivity contribution in [2.24, 2.45) is 17.8 Å². The Bertz CT molecular complexity index is 685. The minimum atomic E-state index is -4.77. The Balaban J connectivity index is 1.65. The van der Waals surface area contributed by atoms with E-state index >= 15 is 0 Å². The first kappa shape index (κ1) is 20.2. The highest BCUT2D eigenvalue weighted by molar-refractivity contribution is 5.40. The third-order valence-corrected chi connectivity index (χ3v) is 6.36. The topological polar surface area (TPSA) is 0 Å². The van der Waals surface area contributed by atoms with Gasteiger partial charge < -0.3 is 0 Å². The number of hydrogen-bond acceptors (Lipinski definition) is 0. The fourth-order valence-corrected chi connectivity index (χ4v) is 4.76. The molecule has 5 heteroatoms. The third-order valence-electron chi connectivity index (χ3n) is 6.36. The van der Waals surface area contributed by atoms with E-state index in [1.54, 1.807) is 5.92 Å². The molecule has 0 heterocycles. The highest BCUT2D eigenvalue weighted by atomic mass is 19.4. The molecule has 0 amide bonds. The fraction of sp³-hybridized carbons (Fsp3) is 0.636. The molecule has 0 radical (unpaired) electrons. The molecule has 0 bridgehead atoms. The maximum absolute atomic E-state index is 14.1. The summed E-state index contributed by atoms with van der Waals surface area (Å²) < 4.78 is 64.8. The van der Waals surface area contributed by atoms with Gasteiger partial charge in [-0.15, -0.1) is 0 Å². The first-order valence-electron chi connectivity index (χ1n) is 9.81. The number of alkyl halides is 3. The molecule has 2 aliphatic rings. The van der Waals surface area contributed by atoms with Gasteiger partial charge in [0.05, 0.1) is 5.56 Å². The van der Waals surface area contributed by atoms with Gasteiger partial charge in [0.2, 0.25) is 0 Å². The maximum Gasteiger partial charge on any atom is 0.458 e. The van der Waals surface area contributed by atoms with Crippen LogP contribution in [0.2, 0.25) is 0 Å². The highest BCUT2D eigenvalue weighted by Crippen LogP contribution is 2.44. The second-order valence-electron chi connectivity index (χ2n) is 8.24. The van der Waals surface area contributed by atoms with Crippen molar-refractivity contribution in [2.75, 3.05) is 0 Å². The van der Waals surface area contributed by atoms with Gasteiger partial charge in [-0.1, -0.05) is 25.7 Å². The average molecular weight is 384 g/mol. The Labute approximate surface area is 157 Å². The summed E-state index contributed by atoms with van der Waals surface area (Å²) in [6, 6.07) is 2.33. The van der Waals surface area contributed by atoms with Crippen LogP contribution in [0.1, 0.15) is 75.3 Å². The van der Waals surface area contributed by atoms with Crippen LogP contribution in [0.3, 0.4) is 0 Å². The lowest BCUT2D eigenvalue weighted by Crippen LogP contribution is -2.24. The van der Waals surface area contributed by atoms with Crippen LogP contribution in [0.4, 0.5) is 22.0 Å². The Morgan fingerprint density at radius 2 is 1.30 bits per heavy atom. The van der Waals surface area contributed by atoms with Crippen molar-refractivity contribution in [2.45, 2.75) is 70.4 Å². The molecule has 27 heavy (non-hydrogen) atoms. The molecule has 3 rings (SSSR count). The van der Waals surface area contributed by atoms with E-state index in [1.165, 1.54) is 25.7 Å². The van der Waals surface area contributed by atoms with Gasteiger partial charge >= 0.3 is 6.18 Å². The quantitative estimate of drug-likeness (QED) is 0.381. The molecule has 1 aromatic rings. The molecule has 0 unspecified atom stereocenters. The number of halogens is 5. The van der Waals surface area contributed by atoms with Crippen LogP contribution in [0.5, 0.6) is 0 Å². The van der Waals surface area contributed by atoms with E-state index in [9.17, 15) is 22.0 Å². The number of hydrogen-bond donors (Lipinski definition) is 0. The Morgan fingerprint density at radius 3 is 1.78 bits per heavy atom. The summed E-state index contributed by atoms with van der Waals surface area (Å²) in [5, 5.41) is 0. The fourth-order valence-electron chi connectivity index (χ4n) is 4.76. The zero-order chi connectivity index (χ0) is 19.6. The summed E-state index contributed by atoms with van der Waals surface area (Å²) in [4.78, 5) is 0. The molecule has 0 nitrogen and oxygen atoms in total. The van der Waals surface area contributed by atoms with Crippen molar-refractivity contribution >= 4 is 0 Å². The summed E-state index contributed by atoms with van der Waals surface area (Å²) in [6.07, 6.45) is 4.26. The van der Waals surface area contributed by atoms with Gasteiger partial charge in [-0.2, -0.15) is 13.2 Å². The van der Waals surface area contributed by atoms with Crippen LogP contribution in [0.15, 0.2) is 12.1 Å². The van der Waals surface area contributed by atoms with Crippen LogP contribution >= 0.6 is 0 Å². The van der Waals surface area contributed by atoms with Crippen molar-refractivity contribution in [3.05, 3.63) is 34.9 Å². The average Bonchev–Trinajstić information content (AvgIpc) is 2.61. The molecule has 0 atom stereocenters. The third kappa shape index (κ3) is 5.24. The van der Waals surface area contributed by atoms with Crippen LogP contribution < -0.4 is 0 Å². The predicted octanol–water partition coefficient (Wildman–Crippen LogP) is 6.98. The van der Waals surface area contributed by atoms with Crippen molar-refractivity contribution in [3.8, 4) is 11.8 Å². The molecule has 2 aliphatic carbocycles. The van der Waals surface area contributed by atoms with E-state index in [4.69, 9.17) is 0 Å². The molecule has 0 aromatic heterocycles. The highest BCUT2D eigenvalue weighted by Gasteiger charge is 2.31. The Hall–Kier alpha value is -1.57. The lowest BCUT2D eigenvalue weighted by atomic mass is 9.68. The van der Waals surface area contributed by atoms with E-state index < -0.39 is 23.4 Å². The van der Waals surface area contributed by atoms with Gasteiger partial charge in [-0.3, -0.25) is 0 Å². The van der Waals surface area contributed by atoms with Gasteiger partial charge in [0.1, 0.15) is 11.6 Å². The monoisotopic (exact) mass is 384 g/mol. The Morgan fingerprint density at radius 1 is 0.815 bits per heavy atom. The van der Waals surface area contributed by atoms with E-state index in [-0.39, 0.29) is 5.92 Å². The predicted molar refractivity (Wildman–Crippen MR) is 95.1 cm³/mol. The SMILES string of the molecule is CC1CCC(C2CCC(c3cc(F)c(C#CC(F)(F)F)c(F)c3)CC2)CC1. The first-order valence-corrected chi connectivity index (χ1v) is 9.81. The minimum absolute atomic E-state index is 0.0670. The normalized spacial score (nSPS) is 29.1. The zero-order valence-corrected chi connectivity index (χ0v) is 15.5. The molecule has 148 valence electrons. The van der Waals surface area contributed by atoms with E-state index in [1.807, 2.05) is 0 Å². The van der Waals surface area contributed by atoms with E-state index in [2.05, 4.69) is 6.92 Å². The smallest absolute Gasteiger partial charge is 0.206 e. The van der Waals surface area contributed by atoms with Crippen LogP contribution in [0, 0.1) is 41.2 Å². The van der Waals surface area contributed by atoms with Crippen LogP contribution in [-0.4, -0.2) is 6.18 Å². The van der Waals surface area contributed by atoms with E-state index in [0.29, 0.717) is 11.5 Å². The molecule has 2 saturated carbocycles. The molecule has 2 fully saturated rings. The molecule has 0 saturated heterocycles. The van der Waals surface area contributed by atoms with Gasteiger partial charge in [0.15, 0.2) is 0 Å². The second kappa shape index (κ2) is 8.20. The molecule has 0 N–H and O–H groups in total. The molecule has 0 aliphatic heterocycles. The van der Waals surface area contributed by atoms with Crippen molar-refractivity contribution < 1.29 is 22.0 Å². The van der Waals surface area contributed by atoms with Crippen molar-refractivity contribution in [3.63, 3.8) is 0 Å². The largest absolute Gasteiger partial charge is 0.458 e. The van der Waals surface area contributed by atoms with Gasteiger partial charge in [-0.05, 0) is 79.9 Å². The molecule has 1 aromatic carbocycles. The second-order valence-corrected chi connectivity index (χ2v) is 8.24. The summed E-state index contributed by atoms with van der Waals surface area (Å²) >= 11 is 0. The number of rotatable bonds is 2. The zero-order valence-electron chi connectivity index (χ0n) is 15.5. The summed E-state index contributed by atoms with van der Waals surface area (Å²) in [5.74, 6) is 2.85. The summed E-state index contributed by atoms with van der Waals surface area (Å²) in [6.45, 7) is 2.30. The van der Waals surface area contributed by atoms with Crippen molar-refractivity contribution in [1.82, 2.24) is 0 Å². The standard InChI is InChI=1S/C22H25F5/c1-14-2-4-15(5-3-14)16-6-8-17(9-7-16)18-12-20(23)19(21(24)13-18)10-11-22(25,26)27/h12-17H,2-9H2,1H3. The lowest BCUT2D eigenvalue weighted by Gasteiger charge is -2.37. The Kier molecular flexibility index (Phi) is 6.13. The van der Waals surface area contributed by atoms with Gasteiger partial charge in [0, 0.05) is 5.92 Å². The number of benzene rings is 1. The maximum atomic E-state index is 14.1. The van der Waals surface area contributed by atoms with Gasteiger partial charge in [-0.25, -0.2) is 8.78 Å².